The molecule has 1 unspecified atom stereocenters. The van der Waals surface area contributed by atoms with Gasteiger partial charge in [0.1, 0.15) is 0 Å². The van der Waals surface area contributed by atoms with Crippen molar-refractivity contribution in [1.29, 1.82) is 0 Å². The second-order valence-electron chi connectivity index (χ2n) is 4.71. The van der Waals surface area contributed by atoms with Crippen LogP contribution in [0.1, 0.15) is 32.0 Å². The summed E-state index contributed by atoms with van der Waals surface area (Å²) in [6, 6.07) is 10.6. The molecule has 0 saturated heterocycles. The van der Waals surface area contributed by atoms with E-state index in [1.165, 1.54) is 5.56 Å². The molecule has 0 fully saturated rings. The van der Waals surface area contributed by atoms with Crippen LogP contribution >= 0.6 is 17.2 Å². The Kier molecular flexibility index (Phi) is 4.81. The maximum atomic E-state index is 7.21. The van der Waals surface area contributed by atoms with E-state index in [-0.39, 0.29) is 0 Å². The van der Waals surface area contributed by atoms with Crippen molar-refractivity contribution in [2.24, 2.45) is 0 Å². The second kappa shape index (κ2) is 5.55. The first-order chi connectivity index (χ1) is 8.04. The Balaban J connectivity index is 3.30. The Morgan fingerprint density at radius 3 is 1.94 bits per heavy atom. The van der Waals surface area contributed by atoms with Gasteiger partial charge in [0.2, 0.25) is 0 Å². The molecular formula is C15H24ClP. The first-order valence-corrected chi connectivity index (χ1v) is 10.2. The molecule has 17 heavy (non-hydrogen) atoms. The molecule has 0 aromatic heterocycles. The average molecular weight is 271 g/mol. The normalized spacial score (nSPS) is 15.9. The molecule has 1 aromatic rings. The Morgan fingerprint density at radius 2 is 1.59 bits per heavy atom. The Bertz CT molecular complexity index is 357. The van der Waals surface area contributed by atoms with Crippen LogP contribution in [-0.4, -0.2) is 18.5 Å². The van der Waals surface area contributed by atoms with Crippen molar-refractivity contribution in [1.82, 2.24) is 0 Å². The van der Waals surface area contributed by atoms with Crippen molar-refractivity contribution in [3.8, 4) is 0 Å². The predicted molar refractivity (Wildman–Crippen MR) is 83.8 cm³/mol. The molecule has 0 aliphatic heterocycles. The van der Waals surface area contributed by atoms with Gasteiger partial charge >= 0.3 is 111 Å². The van der Waals surface area contributed by atoms with Gasteiger partial charge in [-0.2, -0.15) is 0 Å². The third kappa shape index (κ3) is 2.59. The number of allylic oxidation sites excluding steroid dienone is 1. The summed E-state index contributed by atoms with van der Waals surface area (Å²) in [5, 5.41) is 0. The van der Waals surface area contributed by atoms with Crippen molar-refractivity contribution < 1.29 is 0 Å². The van der Waals surface area contributed by atoms with Gasteiger partial charge < -0.3 is 0 Å². The number of hydrogen-bond acceptors (Lipinski definition) is 0. The minimum atomic E-state index is -2.21. The van der Waals surface area contributed by atoms with E-state index in [4.69, 9.17) is 11.2 Å². The summed E-state index contributed by atoms with van der Waals surface area (Å²) < 4.78 is 0. The SMILES string of the molecule is C=CC(c1ccccc1)P(Cl)(CC)(CC)CC. The number of hydrogen-bond donors (Lipinski definition) is 0. The predicted octanol–water partition coefficient (Wildman–Crippen LogP) is 5.68. The summed E-state index contributed by atoms with van der Waals surface area (Å²) >= 11 is 7.21. The van der Waals surface area contributed by atoms with Gasteiger partial charge in [-0.15, -0.1) is 0 Å². The van der Waals surface area contributed by atoms with E-state index < -0.39 is 5.96 Å². The summed E-state index contributed by atoms with van der Waals surface area (Å²) in [4.78, 5) is 0. The van der Waals surface area contributed by atoms with E-state index in [1.54, 1.807) is 0 Å². The molecule has 0 spiro atoms. The fourth-order valence-corrected chi connectivity index (χ4v) is 7.23. The van der Waals surface area contributed by atoms with E-state index in [9.17, 15) is 0 Å². The molecule has 0 amide bonds. The fraction of sp³-hybridized carbons (Fsp3) is 0.467. The van der Waals surface area contributed by atoms with E-state index in [0.29, 0.717) is 5.66 Å². The minimum absolute atomic E-state index is 0.323. The van der Waals surface area contributed by atoms with Gasteiger partial charge in [-0.3, -0.25) is 0 Å². The summed E-state index contributed by atoms with van der Waals surface area (Å²) in [7, 11) is 0. The molecule has 0 bridgehead atoms. The monoisotopic (exact) mass is 270 g/mol. The molecule has 0 aliphatic carbocycles. The zero-order chi connectivity index (χ0) is 13.0. The standard InChI is InChI=1S/C15H24ClP/c1-5-15(14-12-10-9-11-13-14)17(16,6-2,7-3)8-4/h5,9-13,15H,1,6-8H2,2-4H3. The molecule has 0 saturated carbocycles. The summed E-state index contributed by atoms with van der Waals surface area (Å²) in [6.45, 7) is 10.7. The van der Waals surface area contributed by atoms with Gasteiger partial charge in [-0.05, 0) is 0 Å². The van der Waals surface area contributed by atoms with Crippen LogP contribution in [0.15, 0.2) is 43.0 Å². The third-order valence-corrected chi connectivity index (χ3v) is 13.5. The molecule has 0 heterocycles. The van der Waals surface area contributed by atoms with Crippen LogP contribution in [0.5, 0.6) is 0 Å². The fourth-order valence-electron chi connectivity index (χ4n) is 2.68. The molecule has 1 atom stereocenters. The number of halogens is 1. The van der Waals surface area contributed by atoms with E-state index in [2.05, 4.69) is 63.8 Å². The Labute approximate surface area is 111 Å². The third-order valence-electron chi connectivity index (χ3n) is 4.31. The van der Waals surface area contributed by atoms with Gasteiger partial charge in [-0.25, -0.2) is 0 Å². The number of benzene rings is 1. The van der Waals surface area contributed by atoms with Gasteiger partial charge in [0, 0.05) is 0 Å². The molecule has 1 rings (SSSR count). The molecular weight excluding hydrogens is 247 g/mol. The van der Waals surface area contributed by atoms with Crippen LogP contribution in [-0.2, 0) is 0 Å². The van der Waals surface area contributed by atoms with Gasteiger partial charge in [0.05, 0.1) is 0 Å². The Hall–Kier alpha value is -0.320. The van der Waals surface area contributed by atoms with Crippen LogP contribution in [0, 0.1) is 0 Å². The Morgan fingerprint density at radius 1 is 1.12 bits per heavy atom. The molecule has 0 nitrogen and oxygen atoms in total. The van der Waals surface area contributed by atoms with Crippen LogP contribution in [0.4, 0.5) is 0 Å². The molecule has 1 aromatic carbocycles. The van der Waals surface area contributed by atoms with Crippen molar-refractivity contribution in [3.63, 3.8) is 0 Å². The van der Waals surface area contributed by atoms with Gasteiger partial charge in [-0.1, -0.05) is 0 Å². The van der Waals surface area contributed by atoms with Crippen molar-refractivity contribution in [3.05, 3.63) is 48.6 Å². The van der Waals surface area contributed by atoms with E-state index in [1.807, 2.05) is 0 Å². The molecule has 0 aliphatic rings. The van der Waals surface area contributed by atoms with Crippen LogP contribution in [0.3, 0.4) is 0 Å². The van der Waals surface area contributed by atoms with Gasteiger partial charge in [0.15, 0.2) is 0 Å². The summed E-state index contributed by atoms with van der Waals surface area (Å²) in [5.74, 6) is -2.21. The molecule has 96 valence electrons. The zero-order valence-electron chi connectivity index (χ0n) is 11.2. The van der Waals surface area contributed by atoms with Crippen LogP contribution in [0.2, 0.25) is 0 Å². The average Bonchev–Trinajstić information content (AvgIpc) is 2.41. The summed E-state index contributed by atoms with van der Waals surface area (Å²) in [5.41, 5.74) is 1.64. The zero-order valence-corrected chi connectivity index (χ0v) is 12.8. The first kappa shape index (κ1) is 14.7. The quantitative estimate of drug-likeness (QED) is 0.461. The second-order valence-corrected chi connectivity index (χ2v) is 13.3. The first-order valence-electron chi connectivity index (χ1n) is 6.44. The van der Waals surface area contributed by atoms with Crippen molar-refractivity contribution >= 4 is 17.2 Å². The maximum absolute atomic E-state index is 7.21. The number of rotatable bonds is 6. The van der Waals surface area contributed by atoms with Crippen LogP contribution in [0.25, 0.3) is 0 Å². The topological polar surface area (TPSA) is 0 Å². The van der Waals surface area contributed by atoms with Gasteiger partial charge in [0.25, 0.3) is 0 Å². The van der Waals surface area contributed by atoms with E-state index >= 15 is 0 Å². The van der Waals surface area contributed by atoms with E-state index in [0.717, 1.165) is 18.5 Å². The van der Waals surface area contributed by atoms with Crippen LogP contribution < -0.4 is 0 Å². The van der Waals surface area contributed by atoms with Crippen molar-refractivity contribution in [2.75, 3.05) is 18.5 Å². The molecule has 2 heteroatoms. The molecule has 0 N–H and O–H groups in total. The van der Waals surface area contributed by atoms with Crippen molar-refractivity contribution in [2.45, 2.75) is 26.4 Å². The molecule has 0 radical (unpaired) electrons. The summed E-state index contributed by atoms with van der Waals surface area (Å²) in [6.07, 6.45) is 5.29.